The van der Waals surface area contributed by atoms with Gasteiger partial charge in [-0.15, -0.1) is 0 Å². The third kappa shape index (κ3) is 2.41. The number of nitrogens with one attached hydrogen (secondary N) is 1. The molecule has 0 bridgehead atoms. The van der Waals surface area contributed by atoms with Crippen LogP contribution in [-0.4, -0.2) is 59.1 Å². The van der Waals surface area contributed by atoms with Crippen molar-refractivity contribution in [2.24, 2.45) is 5.73 Å². The third-order valence-electron chi connectivity index (χ3n) is 2.34. The molecule has 1 fully saturated rings. The Morgan fingerprint density at radius 1 is 1.21 bits per heavy atom. The zero-order valence-electron chi connectivity index (χ0n) is 8.13. The van der Waals surface area contributed by atoms with Gasteiger partial charge in [0, 0.05) is 13.1 Å². The predicted octanol–water partition coefficient (Wildman–Crippen LogP) is -2.64. The molecule has 0 aromatic heterocycles. The molecule has 1 saturated heterocycles. The van der Waals surface area contributed by atoms with Crippen LogP contribution in [0.5, 0.6) is 0 Å². The van der Waals surface area contributed by atoms with Crippen LogP contribution in [0.1, 0.15) is 6.92 Å². The van der Waals surface area contributed by atoms with E-state index in [9.17, 15) is 15.3 Å². The van der Waals surface area contributed by atoms with Crippen LogP contribution in [-0.2, 0) is 4.74 Å². The van der Waals surface area contributed by atoms with Crippen molar-refractivity contribution in [1.82, 2.24) is 5.32 Å². The van der Waals surface area contributed by atoms with Crippen LogP contribution in [0.25, 0.3) is 0 Å². The molecule has 1 aliphatic heterocycles. The number of hydrogen-bond donors (Lipinski definition) is 5. The van der Waals surface area contributed by atoms with Crippen molar-refractivity contribution in [1.29, 1.82) is 0 Å². The molecule has 0 amide bonds. The molecule has 1 aliphatic rings. The van der Waals surface area contributed by atoms with E-state index in [1.165, 1.54) is 0 Å². The van der Waals surface area contributed by atoms with Gasteiger partial charge in [-0.25, -0.2) is 0 Å². The average Bonchev–Trinajstić information content (AvgIpc) is 2.18. The summed E-state index contributed by atoms with van der Waals surface area (Å²) in [5, 5.41) is 31.2. The van der Waals surface area contributed by atoms with Gasteiger partial charge in [-0.05, 0) is 6.92 Å². The molecule has 1 heterocycles. The Hall–Kier alpha value is -0.240. The second-order valence-corrected chi connectivity index (χ2v) is 3.48. The van der Waals surface area contributed by atoms with Gasteiger partial charge in [0.2, 0.25) is 0 Å². The minimum absolute atomic E-state index is 0.416. The molecule has 0 aromatic rings. The molecule has 1 rings (SSSR count). The van der Waals surface area contributed by atoms with Gasteiger partial charge >= 0.3 is 0 Å². The van der Waals surface area contributed by atoms with Crippen molar-refractivity contribution < 1.29 is 20.1 Å². The molecule has 5 atom stereocenters. The minimum atomic E-state index is -1.19. The average molecular weight is 206 g/mol. The lowest BCUT2D eigenvalue weighted by Crippen LogP contribution is -2.61. The highest BCUT2D eigenvalue weighted by Crippen LogP contribution is 2.19. The van der Waals surface area contributed by atoms with Crippen molar-refractivity contribution in [3.05, 3.63) is 0 Å². The highest BCUT2D eigenvalue weighted by Gasteiger charge is 2.41. The standard InChI is InChI=1S/C8H18N2O4/c1-4-5(11)6(12)7(13)8(14-4)10-3-2-9/h4-8,10-13H,2-3,9H2,1H3/t4-,5+,6-,7-,8+/m0/s1. The van der Waals surface area contributed by atoms with E-state index in [-0.39, 0.29) is 0 Å². The Morgan fingerprint density at radius 2 is 1.86 bits per heavy atom. The summed E-state index contributed by atoms with van der Waals surface area (Å²) in [5.41, 5.74) is 5.28. The summed E-state index contributed by atoms with van der Waals surface area (Å²) in [6.45, 7) is 2.54. The molecule has 0 spiro atoms. The van der Waals surface area contributed by atoms with Crippen LogP contribution < -0.4 is 11.1 Å². The van der Waals surface area contributed by atoms with E-state index in [1.54, 1.807) is 6.92 Å². The molecule has 6 heteroatoms. The Labute approximate surface area is 82.7 Å². The molecule has 0 unspecified atom stereocenters. The first-order valence-electron chi connectivity index (χ1n) is 4.71. The topological polar surface area (TPSA) is 108 Å². The molecule has 84 valence electrons. The highest BCUT2D eigenvalue weighted by molar-refractivity contribution is 4.89. The lowest BCUT2D eigenvalue weighted by atomic mass is 9.99. The van der Waals surface area contributed by atoms with Crippen LogP contribution in [0.2, 0.25) is 0 Å². The molecule has 0 radical (unpaired) electrons. The molecule has 6 nitrogen and oxygen atoms in total. The van der Waals surface area contributed by atoms with Gasteiger partial charge in [0.1, 0.15) is 24.5 Å². The Morgan fingerprint density at radius 3 is 2.43 bits per heavy atom. The number of nitrogens with two attached hydrogens (primary N) is 1. The van der Waals surface area contributed by atoms with Crippen LogP contribution in [0, 0.1) is 0 Å². The lowest BCUT2D eigenvalue weighted by molar-refractivity contribution is -0.224. The van der Waals surface area contributed by atoms with Crippen molar-refractivity contribution in [3.8, 4) is 0 Å². The second kappa shape index (κ2) is 5.01. The SMILES string of the molecule is C[C@@H]1O[C@@H](NCCN)[C@@H](O)[C@@H](O)[C@@H]1O. The summed E-state index contributed by atoms with van der Waals surface area (Å²) in [6, 6.07) is 0. The quantitative estimate of drug-likeness (QED) is 0.345. The molecule has 0 saturated carbocycles. The smallest absolute Gasteiger partial charge is 0.137 e. The van der Waals surface area contributed by atoms with E-state index in [1.807, 2.05) is 0 Å². The monoisotopic (exact) mass is 206 g/mol. The zero-order chi connectivity index (χ0) is 10.7. The Kier molecular flexibility index (Phi) is 4.24. The van der Waals surface area contributed by atoms with Crippen LogP contribution >= 0.6 is 0 Å². The van der Waals surface area contributed by atoms with Gasteiger partial charge in [0.15, 0.2) is 0 Å². The second-order valence-electron chi connectivity index (χ2n) is 3.48. The normalized spacial score (nSPS) is 43.9. The zero-order valence-corrected chi connectivity index (χ0v) is 8.13. The van der Waals surface area contributed by atoms with Crippen LogP contribution in [0.15, 0.2) is 0 Å². The van der Waals surface area contributed by atoms with Crippen molar-refractivity contribution in [2.75, 3.05) is 13.1 Å². The summed E-state index contributed by atoms with van der Waals surface area (Å²) in [7, 11) is 0. The fourth-order valence-corrected chi connectivity index (χ4v) is 1.45. The number of rotatable bonds is 3. The highest BCUT2D eigenvalue weighted by atomic mass is 16.5. The first-order valence-corrected chi connectivity index (χ1v) is 4.71. The fourth-order valence-electron chi connectivity index (χ4n) is 1.45. The summed E-state index contributed by atoms with van der Waals surface area (Å²) >= 11 is 0. The maximum atomic E-state index is 9.51. The summed E-state index contributed by atoms with van der Waals surface area (Å²) in [6.07, 6.45) is -4.56. The lowest BCUT2D eigenvalue weighted by Gasteiger charge is -2.39. The molecule has 0 aliphatic carbocycles. The van der Waals surface area contributed by atoms with E-state index in [2.05, 4.69) is 5.32 Å². The number of ether oxygens (including phenoxy) is 1. The molecule has 14 heavy (non-hydrogen) atoms. The van der Waals surface area contributed by atoms with Gasteiger partial charge in [0.05, 0.1) is 6.10 Å². The van der Waals surface area contributed by atoms with E-state index in [0.29, 0.717) is 13.1 Å². The minimum Gasteiger partial charge on any atom is -0.388 e. The summed E-state index contributed by atoms with van der Waals surface area (Å²) in [4.78, 5) is 0. The molecular formula is C8H18N2O4. The van der Waals surface area contributed by atoms with Gasteiger partial charge < -0.3 is 25.8 Å². The maximum absolute atomic E-state index is 9.51. The molecule has 6 N–H and O–H groups in total. The summed E-state index contributed by atoms with van der Waals surface area (Å²) in [5.74, 6) is 0. The third-order valence-corrected chi connectivity index (χ3v) is 2.34. The number of hydrogen-bond acceptors (Lipinski definition) is 6. The Balaban J connectivity index is 2.52. The van der Waals surface area contributed by atoms with Crippen molar-refractivity contribution >= 4 is 0 Å². The first-order chi connectivity index (χ1) is 6.57. The largest absolute Gasteiger partial charge is 0.388 e. The Bertz CT molecular complexity index is 181. The van der Waals surface area contributed by atoms with Gasteiger partial charge in [-0.2, -0.15) is 0 Å². The first kappa shape index (κ1) is 11.8. The van der Waals surface area contributed by atoms with E-state index < -0.39 is 30.6 Å². The predicted molar refractivity (Wildman–Crippen MR) is 49.4 cm³/mol. The fraction of sp³-hybridized carbons (Fsp3) is 1.00. The van der Waals surface area contributed by atoms with Crippen LogP contribution in [0.3, 0.4) is 0 Å². The van der Waals surface area contributed by atoms with Crippen molar-refractivity contribution in [3.63, 3.8) is 0 Å². The summed E-state index contributed by atoms with van der Waals surface area (Å²) < 4.78 is 5.26. The van der Waals surface area contributed by atoms with Gasteiger partial charge in [-0.3, -0.25) is 5.32 Å². The van der Waals surface area contributed by atoms with E-state index in [4.69, 9.17) is 10.5 Å². The number of aliphatic hydroxyl groups excluding tert-OH is 3. The van der Waals surface area contributed by atoms with Gasteiger partial charge in [-0.1, -0.05) is 0 Å². The number of aliphatic hydroxyl groups is 3. The molecular weight excluding hydrogens is 188 g/mol. The van der Waals surface area contributed by atoms with Crippen molar-refractivity contribution in [2.45, 2.75) is 37.6 Å². The van der Waals surface area contributed by atoms with E-state index in [0.717, 1.165) is 0 Å². The van der Waals surface area contributed by atoms with E-state index >= 15 is 0 Å². The van der Waals surface area contributed by atoms with Crippen LogP contribution in [0.4, 0.5) is 0 Å². The molecule has 0 aromatic carbocycles. The maximum Gasteiger partial charge on any atom is 0.137 e. The van der Waals surface area contributed by atoms with Gasteiger partial charge in [0.25, 0.3) is 0 Å².